The number of cyclic esters (lactones) is 1. The van der Waals surface area contributed by atoms with Gasteiger partial charge in [0.05, 0.1) is 12.5 Å². The molecule has 22 heavy (non-hydrogen) atoms. The number of rotatable bonds is 2. The largest absolute Gasteiger partial charge is 0.465 e. The molecule has 0 aromatic rings. The maximum atomic E-state index is 11.1. The van der Waals surface area contributed by atoms with Gasteiger partial charge in [-0.2, -0.15) is 0 Å². The highest BCUT2D eigenvalue weighted by molar-refractivity contribution is 5.79. The average molecular weight is 310 g/mol. The normalized spacial score (nSPS) is 34.2. The highest BCUT2D eigenvalue weighted by Crippen LogP contribution is 2.33. The standard InChI is InChI=1S/C9H12O2.C8H14O3/c1-6-2-3-8-7(4-6)5-11-9(8)10;9-4-6-1-2-8(11)3-7(6)5-10/h4,7-8H,2-3,5H2,1H3;6-7,9-10H,1-5H2/t7-,8-;6-,7+/m10/s1. The summed E-state index contributed by atoms with van der Waals surface area (Å²) in [5.41, 5.74) is 1.41. The number of esters is 1. The highest BCUT2D eigenvalue weighted by Gasteiger charge is 2.37. The number of aliphatic hydroxyl groups excluding tert-OH is 2. The number of carbonyl (C=O) groups is 2. The summed E-state index contributed by atoms with van der Waals surface area (Å²) in [6.45, 7) is 2.86. The quantitative estimate of drug-likeness (QED) is 0.596. The third-order valence-electron chi connectivity index (χ3n) is 5.01. The maximum Gasteiger partial charge on any atom is 0.309 e. The molecule has 1 saturated heterocycles. The zero-order valence-electron chi connectivity index (χ0n) is 13.2. The summed E-state index contributed by atoms with van der Waals surface area (Å²) < 4.78 is 4.96. The highest BCUT2D eigenvalue weighted by atomic mass is 16.5. The van der Waals surface area contributed by atoms with Gasteiger partial charge in [-0.05, 0) is 38.0 Å². The van der Waals surface area contributed by atoms with Gasteiger partial charge in [0, 0.05) is 32.0 Å². The molecule has 3 aliphatic rings. The van der Waals surface area contributed by atoms with Crippen molar-refractivity contribution in [1.29, 1.82) is 0 Å². The first kappa shape index (κ1) is 17.2. The third-order valence-corrected chi connectivity index (χ3v) is 5.01. The molecule has 2 N–H and O–H groups in total. The lowest BCUT2D eigenvalue weighted by atomic mass is 9.79. The fourth-order valence-corrected chi connectivity index (χ4v) is 3.50. The molecule has 4 atom stereocenters. The molecule has 1 aliphatic heterocycles. The first-order chi connectivity index (χ1) is 10.5. The average Bonchev–Trinajstić information content (AvgIpc) is 2.88. The SMILES string of the molecule is CC1=C[C@@H]2COC(=O)[C@@H]2CC1.O=C1CC[C@@H](CO)[C@@H](CO)C1. The van der Waals surface area contributed by atoms with Crippen LogP contribution in [0.25, 0.3) is 0 Å². The molecule has 5 nitrogen and oxygen atoms in total. The molecule has 0 bridgehead atoms. The van der Waals surface area contributed by atoms with E-state index in [4.69, 9.17) is 14.9 Å². The van der Waals surface area contributed by atoms with Gasteiger partial charge in [-0.3, -0.25) is 9.59 Å². The molecule has 3 rings (SSSR count). The van der Waals surface area contributed by atoms with E-state index in [1.807, 2.05) is 0 Å². The van der Waals surface area contributed by atoms with Gasteiger partial charge in [0.15, 0.2) is 0 Å². The molecule has 0 radical (unpaired) electrons. The monoisotopic (exact) mass is 310 g/mol. The van der Waals surface area contributed by atoms with Gasteiger partial charge in [-0.15, -0.1) is 0 Å². The molecule has 0 amide bonds. The summed E-state index contributed by atoms with van der Waals surface area (Å²) in [6.07, 6.45) is 6.01. The Morgan fingerprint density at radius 1 is 1.14 bits per heavy atom. The van der Waals surface area contributed by atoms with Crippen LogP contribution < -0.4 is 0 Å². The summed E-state index contributed by atoms with van der Waals surface area (Å²) in [5.74, 6) is 0.932. The third kappa shape index (κ3) is 4.17. The van der Waals surface area contributed by atoms with Crippen molar-refractivity contribution in [1.82, 2.24) is 0 Å². The molecular weight excluding hydrogens is 284 g/mol. The van der Waals surface area contributed by atoms with Crippen LogP contribution in [0.15, 0.2) is 11.6 Å². The van der Waals surface area contributed by atoms with Crippen LogP contribution in [0.4, 0.5) is 0 Å². The molecule has 1 saturated carbocycles. The number of Topliss-reactive ketones (excluding diaryl/α,β-unsaturated/α-hetero) is 1. The Bertz CT molecular complexity index is 442. The van der Waals surface area contributed by atoms with E-state index in [0.717, 1.165) is 19.3 Å². The van der Waals surface area contributed by atoms with Gasteiger partial charge in [0.2, 0.25) is 0 Å². The van der Waals surface area contributed by atoms with E-state index >= 15 is 0 Å². The minimum Gasteiger partial charge on any atom is -0.465 e. The molecule has 1 heterocycles. The summed E-state index contributed by atoms with van der Waals surface area (Å²) in [6, 6.07) is 0. The molecule has 5 heteroatoms. The topological polar surface area (TPSA) is 83.8 Å². The predicted molar refractivity (Wildman–Crippen MR) is 80.9 cm³/mol. The van der Waals surface area contributed by atoms with Crippen LogP contribution in [0.2, 0.25) is 0 Å². The van der Waals surface area contributed by atoms with E-state index in [9.17, 15) is 9.59 Å². The van der Waals surface area contributed by atoms with Crippen LogP contribution in [0.1, 0.15) is 39.0 Å². The maximum absolute atomic E-state index is 11.1. The van der Waals surface area contributed by atoms with Crippen LogP contribution in [0.3, 0.4) is 0 Å². The zero-order chi connectivity index (χ0) is 16.1. The summed E-state index contributed by atoms with van der Waals surface area (Å²) in [5, 5.41) is 17.7. The van der Waals surface area contributed by atoms with Gasteiger partial charge < -0.3 is 14.9 Å². The van der Waals surface area contributed by atoms with Crippen LogP contribution in [-0.2, 0) is 14.3 Å². The van der Waals surface area contributed by atoms with Crippen LogP contribution in [0.5, 0.6) is 0 Å². The van der Waals surface area contributed by atoms with Gasteiger partial charge >= 0.3 is 5.97 Å². The number of aliphatic hydroxyl groups is 2. The van der Waals surface area contributed by atoms with E-state index in [0.29, 0.717) is 25.4 Å². The lowest BCUT2D eigenvalue weighted by Gasteiger charge is -2.27. The lowest BCUT2D eigenvalue weighted by molar-refractivity contribution is -0.141. The molecule has 2 aliphatic carbocycles. The van der Waals surface area contributed by atoms with Crippen molar-refractivity contribution in [3.63, 3.8) is 0 Å². The summed E-state index contributed by atoms with van der Waals surface area (Å²) in [4.78, 5) is 22.0. The number of carbonyl (C=O) groups excluding carboxylic acids is 2. The molecule has 124 valence electrons. The first-order valence-corrected chi connectivity index (χ1v) is 8.12. The Morgan fingerprint density at radius 3 is 2.55 bits per heavy atom. The number of hydrogen-bond donors (Lipinski definition) is 2. The molecule has 2 fully saturated rings. The number of fused-ring (bicyclic) bond motifs is 1. The van der Waals surface area contributed by atoms with Crippen molar-refractivity contribution in [3.8, 4) is 0 Å². The fraction of sp³-hybridized carbons (Fsp3) is 0.765. The van der Waals surface area contributed by atoms with Crippen molar-refractivity contribution >= 4 is 11.8 Å². The Hall–Kier alpha value is -1.20. The Morgan fingerprint density at radius 2 is 1.86 bits per heavy atom. The van der Waals surface area contributed by atoms with Crippen molar-refractivity contribution in [3.05, 3.63) is 11.6 Å². The number of hydrogen-bond acceptors (Lipinski definition) is 5. The van der Waals surface area contributed by atoms with Gasteiger partial charge in [-0.1, -0.05) is 11.6 Å². The summed E-state index contributed by atoms with van der Waals surface area (Å²) >= 11 is 0. The fourth-order valence-electron chi connectivity index (χ4n) is 3.50. The Kier molecular flexibility index (Phi) is 6.15. The van der Waals surface area contributed by atoms with Crippen LogP contribution in [0, 0.1) is 23.7 Å². The number of allylic oxidation sites excluding steroid dienone is 1. The predicted octanol–water partition coefficient (Wildman–Crippen LogP) is 1.47. The second-order valence-electron chi connectivity index (χ2n) is 6.62. The second-order valence-corrected chi connectivity index (χ2v) is 6.62. The number of ketones is 1. The lowest BCUT2D eigenvalue weighted by Crippen LogP contribution is -2.29. The van der Waals surface area contributed by atoms with Crippen molar-refractivity contribution < 1.29 is 24.5 Å². The number of ether oxygens (including phenoxy) is 1. The van der Waals surface area contributed by atoms with Gasteiger partial charge in [-0.25, -0.2) is 0 Å². The molecule has 0 aromatic carbocycles. The van der Waals surface area contributed by atoms with Crippen LogP contribution >= 0.6 is 0 Å². The van der Waals surface area contributed by atoms with Gasteiger partial charge in [0.25, 0.3) is 0 Å². The van der Waals surface area contributed by atoms with Crippen molar-refractivity contribution in [2.75, 3.05) is 19.8 Å². The van der Waals surface area contributed by atoms with Gasteiger partial charge in [0.1, 0.15) is 5.78 Å². The minimum atomic E-state index is 0.00116. The molecule has 0 aromatic heterocycles. The van der Waals surface area contributed by atoms with E-state index < -0.39 is 0 Å². The van der Waals surface area contributed by atoms with E-state index in [2.05, 4.69) is 13.0 Å². The Balaban J connectivity index is 0.000000160. The van der Waals surface area contributed by atoms with Crippen molar-refractivity contribution in [2.24, 2.45) is 23.7 Å². The second kappa shape index (κ2) is 7.88. The molecular formula is C17H26O5. The molecule has 0 unspecified atom stereocenters. The smallest absolute Gasteiger partial charge is 0.309 e. The zero-order valence-corrected chi connectivity index (χ0v) is 13.2. The van der Waals surface area contributed by atoms with E-state index in [-0.39, 0.29) is 42.7 Å². The molecule has 0 spiro atoms. The minimum absolute atomic E-state index is 0.00116. The Labute approximate surface area is 131 Å². The van der Waals surface area contributed by atoms with E-state index in [1.54, 1.807) is 0 Å². The van der Waals surface area contributed by atoms with Crippen molar-refractivity contribution in [2.45, 2.75) is 39.0 Å². The van der Waals surface area contributed by atoms with E-state index in [1.165, 1.54) is 5.57 Å². The summed E-state index contributed by atoms with van der Waals surface area (Å²) in [7, 11) is 0. The van der Waals surface area contributed by atoms with Crippen LogP contribution in [-0.4, -0.2) is 41.8 Å². The first-order valence-electron chi connectivity index (χ1n) is 8.12.